The Kier molecular flexibility index (Phi) is 4.35. The molecule has 0 spiro atoms. The molecule has 0 aromatic rings. The van der Waals surface area contributed by atoms with E-state index in [1.165, 1.54) is 0 Å². The first-order valence-electron chi connectivity index (χ1n) is 7.18. The third kappa shape index (κ3) is 3.67. The van der Waals surface area contributed by atoms with E-state index in [1.54, 1.807) is 4.90 Å². The van der Waals surface area contributed by atoms with Crippen molar-refractivity contribution in [3.8, 4) is 0 Å². The van der Waals surface area contributed by atoms with Crippen molar-refractivity contribution >= 4 is 5.91 Å². The van der Waals surface area contributed by atoms with Gasteiger partial charge < -0.3 is 14.7 Å². The van der Waals surface area contributed by atoms with E-state index in [1.807, 2.05) is 13.8 Å². The van der Waals surface area contributed by atoms with E-state index in [-0.39, 0.29) is 44.1 Å². The molecular formula is C14H23F2NO3. The van der Waals surface area contributed by atoms with Crippen LogP contribution in [0.2, 0.25) is 0 Å². The van der Waals surface area contributed by atoms with Gasteiger partial charge in [0.1, 0.15) is 0 Å². The molecule has 1 aliphatic carbocycles. The van der Waals surface area contributed by atoms with Crippen LogP contribution in [-0.4, -0.2) is 53.2 Å². The predicted molar refractivity (Wildman–Crippen MR) is 69.5 cm³/mol. The number of morpholine rings is 1. The van der Waals surface area contributed by atoms with Gasteiger partial charge in [0.2, 0.25) is 11.8 Å². The second-order valence-corrected chi connectivity index (χ2v) is 6.53. The maximum Gasteiger partial charge on any atom is 0.248 e. The lowest BCUT2D eigenvalue weighted by Gasteiger charge is -2.44. The van der Waals surface area contributed by atoms with Crippen molar-refractivity contribution in [3.63, 3.8) is 0 Å². The van der Waals surface area contributed by atoms with Crippen molar-refractivity contribution in [3.05, 3.63) is 0 Å². The van der Waals surface area contributed by atoms with Crippen LogP contribution in [0, 0.1) is 5.92 Å². The summed E-state index contributed by atoms with van der Waals surface area (Å²) in [5.41, 5.74) is -0.514. The Morgan fingerprint density at radius 1 is 1.35 bits per heavy atom. The molecule has 1 amide bonds. The van der Waals surface area contributed by atoms with Crippen LogP contribution in [0.15, 0.2) is 0 Å². The molecule has 6 heteroatoms. The molecule has 2 fully saturated rings. The summed E-state index contributed by atoms with van der Waals surface area (Å²) in [4.78, 5) is 14.1. The zero-order valence-electron chi connectivity index (χ0n) is 12.1. The maximum absolute atomic E-state index is 13.1. The standard InChI is InChI=1S/C14H23F2NO3/c1-13(2)9-17(7-11(8-18)20-13)12(19)10-3-5-14(15,16)6-4-10/h10-11,18H,3-9H2,1-2H3. The Bertz CT molecular complexity index is 363. The molecule has 20 heavy (non-hydrogen) atoms. The Hall–Kier alpha value is -0.750. The van der Waals surface area contributed by atoms with E-state index in [4.69, 9.17) is 4.74 Å². The van der Waals surface area contributed by atoms with E-state index in [2.05, 4.69) is 0 Å². The summed E-state index contributed by atoms with van der Waals surface area (Å²) in [6.07, 6.45) is -0.324. The number of alkyl halides is 2. The van der Waals surface area contributed by atoms with E-state index < -0.39 is 17.6 Å². The van der Waals surface area contributed by atoms with Gasteiger partial charge >= 0.3 is 0 Å². The third-order valence-electron chi connectivity index (χ3n) is 4.06. The number of carbonyl (C=O) groups is 1. The fourth-order valence-corrected chi connectivity index (χ4v) is 3.10. The number of nitrogens with zero attached hydrogens (tertiary/aromatic N) is 1. The molecule has 116 valence electrons. The number of halogens is 2. The highest BCUT2D eigenvalue weighted by molar-refractivity contribution is 5.79. The molecule has 1 heterocycles. The van der Waals surface area contributed by atoms with Crippen molar-refractivity contribution in [1.29, 1.82) is 0 Å². The minimum absolute atomic E-state index is 0.0738. The molecular weight excluding hydrogens is 268 g/mol. The quantitative estimate of drug-likeness (QED) is 0.844. The fourth-order valence-electron chi connectivity index (χ4n) is 3.10. The Morgan fingerprint density at radius 3 is 2.50 bits per heavy atom. The summed E-state index contributed by atoms with van der Waals surface area (Å²) in [5.74, 6) is -3.01. The number of rotatable bonds is 2. The zero-order valence-corrected chi connectivity index (χ0v) is 12.1. The van der Waals surface area contributed by atoms with Crippen LogP contribution in [0.1, 0.15) is 39.5 Å². The van der Waals surface area contributed by atoms with Crippen LogP contribution in [0.25, 0.3) is 0 Å². The fraction of sp³-hybridized carbons (Fsp3) is 0.929. The van der Waals surface area contributed by atoms with Gasteiger partial charge in [-0.15, -0.1) is 0 Å². The first-order valence-corrected chi connectivity index (χ1v) is 7.18. The van der Waals surface area contributed by atoms with Crippen LogP contribution in [0.5, 0.6) is 0 Å². The molecule has 1 aliphatic heterocycles. The summed E-state index contributed by atoms with van der Waals surface area (Å²) in [5, 5.41) is 9.24. The lowest BCUT2D eigenvalue weighted by Crippen LogP contribution is -2.57. The highest BCUT2D eigenvalue weighted by Gasteiger charge is 2.41. The molecule has 4 nitrogen and oxygen atoms in total. The van der Waals surface area contributed by atoms with E-state index in [0.717, 1.165) is 0 Å². The molecule has 0 aromatic carbocycles. The zero-order chi connectivity index (χ0) is 15.0. The Morgan fingerprint density at radius 2 is 1.95 bits per heavy atom. The number of amides is 1. The first kappa shape index (κ1) is 15.6. The van der Waals surface area contributed by atoms with Crippen LogP contribution in [0.4, 0.5) is 8.78 Å². The second-order valence-electron chi connectivity index (χ2n) is 6.53. The van der Waals surface area contributed by atoms with Gasteiger partial charge in [-0.05, 0) is 26.7 Å². The van der Waals surface area contributed by atoms with Gasteiger partial charge in [-0.3, -0.25) is 4.79 Å². The highest BCUT2D eigenvalue weighted by Crippen LogP contribution is 2.37. The SMILES string of the molecule is CC1(C)CN(C(=O)C2CCC(F)(F)CC2)CC(CO)O1. The first-order chi connectivity index (χ1) is 9.22. The second kappa shape index (κ2) is 5.56. The van der Waals surface area contributed by atoms with Gasteiger partial charge in [-0.1, -0.05) is 0 Å². The molecule has 1 unspecified atom stereocenters. The number of ether oxygens (including phenoxy) is 1. The topological polar surface area (TPSA) is 49.8 Å². The van der Waals surface area contributed by atoms with Crippen molar-refractivity contribution in [1.82, 2.24) is 4.90 Å². The van der Waals surface area contributed by atoms with E-state index in [9.17, 15) is 18.7 Å². The number of carbonyl (C=O) groups excluding carboxylic acids is 1. The van der Waals surface area contributed by atoms with Crippen molar-refractivity contribution in [2.75, 3.05) is 19.7 Å². The smallest absolute Gasteiger partial charge is 0.248 e. The van der Waals surface area contributed by atoms with Gasteiger partial charge in [-0.25, -0.2) is 8.78 Å². The molecule has 2 rings (SSSR count). The molecule has 0 aromatic heterocycles. The maximum atomic E-state index is 13.1. The molecule has 1 saturated carbocycles. The normalized spacial score (nSPS) is 30.2. The van der Waals surface area contributed by atoms with Crippen molar-refractivity contribution < 1.29 is 23.4 Å². The predicted octanol–water partition coefficient (Wildman–Crippen LogP) is 1.81. The lowest BCUT2D eigenvalue weighted by molar-refractivity contribution is -0.172. The van der Waals surface area contributed by atoms with E-state index in [0.29, 0.717) is 13.1 Å². The van der Waals surface area contributed by atoms with Gasteiger partial charge in [0, 0.05) is 31.8 Å². The van der Waals surface area contributed by atoms with Crippen LogP contribution in [-0.2, 0) is 9.53 Å². The lowest BCUT2D eigenvalue weighted by atomic mass is 9.85. The number of aliphatic hydroxyl groups is 1. The largest absolute Gasteiger partial charge is 0.394 e. The minimum atomic E-state index is -2.62. The minimum Gasteiger partial charge on any atom is -0.394 e. The number of aliphatic hydroxyl groups excluding tert-OH is 1. The molecule has 2 aliphatic rings. The summed E-state index contributed by atoms with van der Waals surface area (Å²) < 4.78 is 32.0. The number of hydrogen-bond acceptors (Lipinski definition) is 3. The van der Waals surface area contributed by atoms with Crippen LogP contribution < -0.4 is 0 Å². The molecule has 1 atom stereocenters. The summed E-state index contributed by atoms with van der Waals surface area (Å²) in [6, 6.07) is 0. The highest BCUT2D eigenvalue weighted by atomic mass is 19.3. The van der Waals surface area contributed by atoms with Gasteiger partial charge in [0.25, 0.3) is 0 Å². The van der Waals surface area contributed by atoms with Gasteiger partial charge in [0.05, 0.1) is 18.3 Å². The summed E-state index contributed by atoms with van der Waals surface area (Å²) >= 11 is 0. The Balaban J connectivity index is 1.98. The van der Waals surface area contributed by atoms with Crippen molar-refractivity contribution in [2.24, 2.45) is 5.92 Å². The molecule has 0 bridgehead atoms. The average molecular weight is 291 g/mol. The third-order valence-corrected chi connectivity index (χ3v) is 4.06. The molecule has 0 radical (unpaired) electrons. The molecule has 1 saturated heterocycles. The van der Waals surface area contributed by atoms with Gasteiger partial charge in [-0.2, -0.15) is 0 Å². The summed E-state index contributed by atoms with van der Waals surface area (Å²) in [7, 11) is 0. The Labute approximate surface area is 118 Å². The van der Waals surface area contributed by atoms with Crippen LogP contribution >= 0.6 is 0 Å². The monoisotopic (exact) mass is 291 g/mol. The van der Waals surface area contributed by atoms with Crippen LogP contribution in [0.3, 0.4) is 0 Å². The average Bonchev–Trinajstić information content (AvgIpc) is 2.36. The summed E-state index contributed by atoms with van der Waals surface area (Å²) in [6.45, 7) is 4.37. The van der Waals surface area contributed by atoms with Crippen molar-refractivity contribution in [2.45, 2.75) is 57.2 Å². The number of hydrogen-bond donors (Lipinski definition) is 1. The molecule has 1 N–H and O–H groups in total. The van der Waals surface area contributed by atoms with E-state index >= 15 is 0 Å². The van der Waals surface area contributed by atoms with Gasteiger partial charge in [0.15, 0.2) is 0 Å².